The summed E-state index contributed by atoms with van der Waals surface area (Å²) in [6, 6.07) is 9.44. The van der Waals surface area contributed by atoms with E-state index in [1.165, 1.54) is 24.3 Å². The Hall–Kier alpha value is -2.59. The Bertz CT molecular complexity index is 1650. The molecule has 1 heterocycles. The molecule has 0 spiro atoms. The number of hydrogen-bond acceptors (Lipinski definition) is 7. The molecule has 1 aromatic heterocycles. The van der Waals surface area contributed by atoms with Crippen LogP contribution in [0.3, 0.4) is 0 Å². The van der Waals surface area contributed by atoms with Gasteiger partial charge in [-0.15, -0.1) is 0 Å². The highest BCUT2D eigenvalue weighted by atomic mass is 127. The lowest BCUT2D eigenvalue weighted by atomic mass is 10.0. The van der Waals surface area contributed by atoms with E-state index in [9.17, 15) is 27.5 Å². The number of aliphatic carboxylic acids is 1. The first-order valence-electron chi connectivity index (χ1n) is 10.2. The minimum Gasteiger partial charge on any atom is -0.480 e. The number of rotatable bonds is 8. The van der Waals surface area contributed by atoms with Crippen LogP contribution in [-0.2, 0) is 21.2 Å². The molecule has 1 atom stereocenters. The molecule has 0 bridgehead atoms. The number of nitrogens with one attached hydrogen (secondary N) is 2. The molecule has 3 N–H and O–H groups in total. The SMILES string of the molecule is O=C(N[C@@H](Cc1cc(F)c(Cl)cc1Cl)C(=O)O)c1ccc(I)cc1NS(=O)(=O)c1cccc2nsnc12. The average Bonchev–Trinajstić information content (AvgIpc) is 3.30. The number of fused-ring (bicyclic) bond motifs is 1. The maximum Gasteiger partial charge on any atom is 0.326 e. The van der Waals surface area contributed by atoms with E-state index in [2.05, 4.69) is 18.8 Å². The van der Waals surface area contributed by atoms with Gasteiger partial charge >= 0.3 is 5.97 Å². The summed E-state index contributed by atoms with van der Waals surface area (Å²) in [6.45, 7) is 0. The normalized spacial score (nSPS) is 12.3. The zero-order valence-electron chi connectivity index (χ0n) is 18.2. The van der Waals surface area contributed by atoms with Crippen LogP contribution in [0.15, 0.2) is 53.4 Å². The van der Waals surface area contributed by atoms with E-state index in [1.54, 1.807) is 12.1 Å². The van der Waals surface area contributed by atoms with Crippen LogP contribution in [0.5, 0.6) is 0 Å². The molecule has 1 amide bonds. The van der Waals surface area contributed by atoms with Gasteiger partial charge in [0.2, 0.25) is 0 Å². The molecule has 9 nitrogen and oxygen atoms in total. The number of nitrogens with zero attached hydrogens (tertiary/aromatic N) is 2. The van der Waals surface area contributed by atoms with Crippen molar-refractivity contribution in [3.8, 4) is 0 Å². The molecular weight excluding hydrogens is 681 g/mol. The third kappa shape index (κ3) is 6.12. The maximum atomic E-state index is 13.9. The zero-order valence-corrected chi connectivity index (χ0v) is 23.5. The van der Waals surface area contributed by atoms with Gasteiger partial charge in [0.15, 0.2) is 0 Å². The van der Waals surface area contributed by atoms with Gasteiger partial charge < -0.3 is 10.4 Å². The van der Waals surface area contributed by atoms with Crippen molar-refractivity contribution in [1.82, 2.24) is 14.1 Å². The van der Waals surface area contributed by atoms with Gasteiger partial charge in [-0.3, -0.25) is 9.52 Å². The van der Waals surface area contributed by atoms with Crippen molar-refractivity contribution in [2.45, 2.75) is 17.4 Å². The number of anilines is 1. The summed E-state index contributed by atoms with van der Waals surface area (Å²) in [6.07, 6.45) is -0.349. The highest BCUT2D eigenvalue weighted by Gasteiger charge is 2.26. The van der Waals surface area contributed by atoms with E-state index in [4.69, 9.17) is 23.2 Å². The molecule has 4 aromatic rings. The van der Waals surface area contributed by atoms with Gasteiger partial charge in [-0.05, 0) is 70.6 Å². The Morgan fingerprint density at radius 1 is 1.11 bits per heavy atom. The number of carbonyl (C=O) groups excluding carboxylic acids is 1. The topological polar surface area (TPSA) is 138 Å². The number of carbonyl (C=O) groups is 2. The van der Waals surface area contributed by atoms with Gasteiger partial charge in [0.1, 0.15) is 27.8 Å². The smallest absolute Gasteiger partial charge is 0.326 e. The van der Waals surface area contributed by atoms with Crippen molar-refractivity contribution < 1.29 is 27.5 Å². The van der Waals surface area contributed by atoms with Crippen molar-refractivity contribution in [2.75, 3.05) is 4.72 Å². The highest BCUT2D eigenvalue weighted by Crippen LogP contribution is 2.28. The van der Waals surface area contributed by atoms with Crippen LogP contribution in [0.25, 0.3) is 11.0 Å². The van der Waals surface area contributed by atoms with E-state index in [-0.39, 0.29) is 43.7 Å². The van der Waals surface area contributed by atoms with Crippen LogP contribution >= 0.6 is 57.5 Å². The van der Waals surface area contributed by atoms with Crippen molar-refractivity contribution in [3.05, 3.63) is 79.1 Å². The Balaban J connectivity index is 1.63. The number of hydrogen-bond donors (Lipinski definition) is 3. The van der Waals surface area contributed by atoms with Crippen molar-refractivity contribution in [3.63, 3.8) is 0 Å². The van der Waals surface area contributed by atoms with Crippen molar-refractivity contribution in [2.24, 2.45) is 0 Å². The molecule has 4 rings (SSSR count). The quantitative estimate of drug-likeness (QED) is 0.175. The second-order valence-corrected chi connectivity index (χ2v) is 11.8. The number of sulfonamides is 1. The van der Waals surface area contributed by atoms with Gasteiger partial charge in [0.25, 0.3) is 15.9 Å². The molecule has 0 unspecified atom stereocenters. The standard InChI is InChI=1S/C22H14Cl2FIN4O5S2/c23-13-9-14(24)15(25)6-10(13)7-18(22(32)33)27-21(31)12-5-4-11(26)8-17(12)30-37(34,35)19-3-1-2-16-20(19)29-36-28-16/h1-6,8-9,18,30H,7H2,(H,27,31)(H,32,33)/t18-/m0/s1. The molecule has 0 fully saturated rings. The predicted octanol–water partition coefficient (Wildman–Crippen LogP) is 4.97. The minimum absolute atomic E-state index is 0.0281. The fourth-order valence-electron chi connectivity index (χ4n) is 3.37. The lowest BCUT2D eigenvalue weighted by molar-refractivity contribution is -0.139. The van der Waals surface area contributed by atoms with Gasteiger partial charge in [-0.25, -0.2) is 17.6 Å². The number of aromatic nitrogens is 2. The number of amides is 1. The Morgan fingerprint density at radius 3 is 2.59 bits per heavy atom. The van der Waals surface area contributed by atoms with Gasteiger partial charge in [0.05, 0.1) is 28.0 Å². The van der Waals surface area contributed by atoms with Gasteiger partial charge in [-0.1, -0.05) is 29.3 Å². The maximum absolute atomic E-state index is 13.9. The van der Waals surface area contributed by atoms with E-state index in [1.807, 2.05) is 22.6 Å². The Kier molecular flexibility index (Phi) is 8.18. The predicted molar refractivity (Wildman–Crippen MR) is 146 cm³/mol. The Morgan fingerprint density at radius 2 is 1.86 bits per heavy atom. The van der Waals surface area contributed by atoms with Crippen LogP contribution in [0.2, 0.25) is 10.0 Å². The summed E-state index contributed by atoms with van der Waals surface area (Å²) in [7, 11) is -4.21. The lowest BCUT2D eigenvalue weighted by Crippen LogP contribution is -2.42. The first-order valence-corrected chi connectivity index (χ1v) is 14.2. The number of carboxylic acid groups (broad SMARTS) is 1. The monoisotopic (exact) mass is 694 g/mol. The lowest BCUT2D eigenvalue weighted by Gasteiger charge is -2.18. The number of carboxylic acids is 1. The van der Waals surface area contributed by atoms with E-state index < -0.39 is 33.8 Å². The molecule has 0 saturated heterocycles. The van der Waals surface area contributed by atoms with Crippen LogP contribution in [0.1, 0.15) is 15.9 Å². The minimum atomic E-state index is -4.21. The fourth-order valence-corrected chi connectivity index (χ4v) is 6.16. The average molecular weight is 695 g/mol. The van der Waals surface area contributed by atoms with Crippen LogP contribution in [0.4, 0.5) is 10.1 Å². The van der Waals surface area contributed by atoms with Crippen molar-refractivity contribution in [1.29, 1.82) is 0 Å². The molecule has 0 aliphatic rings. The first-order chi connectivity index (χ1) is 17.5. The summed E-state index contributed by atoms with van der Waals surface area (Å²) < 4.78 is 51.4. The zero-order chi connectivity index (χ0) is 26.9. The third-order valence-corrected chi connectivity index (χ3v) is 8.38. The molecule has 0 saturated carbocycles. The van der Waals surface area contributed by atoms with E-state index in [0.717, 1.165) is 23.9 Å². The molecule has 37 heavy (non-hydrogen) atoms. The molecular formula is C22H14Cl2FIN4O5S2. The van der Waals surface area contributed by atoms with Gasteiger partial charge in [-0.2, -0.15) is 8.75 Å². The second kappa shape index (κ2) is 11.0. The molecule has 192 valence electrons. The van der Waals surface area contributed by atoms with Crippen LogP contribution in [-0.4, -0.2) is 40.2 Å². The Labute approximate surface area is 237 Å². The summed E-state index contributed by atoms with van der Waals surface area (Å²) in [4.78, 5) is 24.9. The third-order valence-electron chi connectivity index (χ3n) is 5.13. The molecule has 0 radical (unpaired) electrons. The summed E-state index contributed by atoms with van der Waals surface area (Å²) >= 11 is 14.6. The summed E-state index contributed by atoms with van der Waals surface area (Å²) in [5.41, 5.74) is 0.478. The van der Waals surface area contributed by atoms with Crippen LogP contribution in [0, 0.1) is 9.39 Å². The molecule has 3 aromatic carbocycles. The molecule has 0 aliphatic carbocycles. The molecule has 0 aliphatic heterocycles. The fraction of sp³-hybridized carbons (Fsp3) is 0.0909. The summed E-state index contributed by atoms with van der Waals surface area (Å²) in [5, 5.41) is 11.8. The van der Waals surface area contributed by atoms with Crippen molar-refractivity contribution >= 4 is 96.1 Å². The van der Waals surface area contributed by atoms with Gasteiger partial charge in [0, 0.05) is 15.0 Å². The van der Waals surface area contributed by atoms with E-state index in [0.29, 0.717) is 9.09 Å². The second-order valence-electron chi connectivity index (χ2n) is 7.61. The largest absolute Gasteiger partial charge is 0.480 e. The number of benzene rings is 3. The highest BCUT2D eigenvalue weighted by molar-refractivity contribution is 14.1. The summed E-state index contributed by atoms with van der Waals surface area (Å²) in [5.74, 6) is -3.08. The first kappa shape index (κ1) is 27.4. The number of halogens is 4. The molecule has 15 heteroatoms. The van der Waals surface area contributed by atoms with E-state index >= 15 is 0 Å². The van der Waals surface area contributed by atoms with Crippen LogP contribution < -0.4 is 10.0 Å².